The molecule has 1 atom stereocenters. The lowest BCUT2D eigenvalue weighted by Gasteiger charge is -2.03. The van der Waals surface area contributed by atoms with Crippen LogP contribution < -0.4 is 0 Å². The third kappa shape index (κ3) is 6.22. The summed E-state index contributed by atoms with van der Waals surface area (Å²) in [5.74, 6) is -0.343. The Balaban J connectivity index is 2.11. The first-order chi connectivity index (χ1) is 8.22. The number of hydrogen-bond acceptors (Lipinski definition) is 4. The SMILES string of the molecule is CCOC(=O)CCC(=O)/C=C/CC1CCCO1. The quantitative estimate of drug-likeness (QED) is 0.504. The predicted octanol–water partition coefficient (Wildman–Crippen LogP) is 2.02. The summed E-state index contributed by atoms with van der Waals surface area (Å²) in [5, 5.41) is 0. The topological polar surface area (TPSA) is 52.6 Å². The van der Waals surface area contributed by atoms with E-state index in [1.165, 1.54) is 0 Å². The molecule has 0 aromatic carbocycles. The van der Waals surface area contributed by atoms with Gasteiger partial charge in [0.25, 0.3) is 0 Å². The summed E-state index contributed by atoms with van der Waals surface area (Å²) in [6.07, 6.45) is 6.99. The van der Waals surface area contributed by atoms with E-state index in [2.05, 4.69) is 0 Å². The van der Waals surface area contributed by atoms with Gasteiger partial charge in [-0.25, -0.2) is 0 Å². The molecule has 0 aliphatic carbocycles. The second-order valence-electron chi connectivity index (χ2n) is 4.04. The third-order valence-electron chi connectivity index (χ3n) is 2.61. The van der Waals surface area contributed by atoms with E-state index in [-0.39, 0.29) is 30.7 Å². The highest BCUT2D eigenvalue weighted by Gasteiger charge is 2.13. The zero-order valence-electron chi connectivity index (χ0n) is 10.3. The molecule has 0 N–H and O–H groups in total. The minimum atomic E-state index is -0.312. The molecule has 0 amide bonds. The first-order valence-corrected chi connectivity index (χ1v) is 6.19. The van der Waals surface area contributed by atoms with Crippen LogP contribution in [0.1, 0.15) is 39.0 Å². The first-order valence-electron chi connectivity index (χ1n) is 6.19. The predicted molar refractivity (Wildman–Crippen MR) is 63.6 cm³/mol. The van der Waals surface area contributed by atoms with Gasteiger partial charge in [0.05, 0.1) is 19.1 Å². The molecule has 1 unspecified atom stereocenters. The van der Waals surface area contributed by atoms with Crippen LogP contribution in [0.3, 0.4) is 0 Å². The molecule has 1 aliphatic heterocycles. The van der Waals surface area contributed by atoms with Gasteiger partial charge in [0.2, 0.25) is 0 Å². The summed E-state index contributed by atoms with van der Waals surface area (Å²) in [6, 6.07) is 0. The number of ether oxygens (including phenoxy) is 2. The maximum atomic E-state index is 11.4. The van der Waals surface area contributed by atoms with Gasteiger partial charge in [0.15, 0.2) is 5.78 Å². The van der Waals surface area contributed by atoms with Gasteiger partial charge >= 0.3 is 5.97 Å². The van der Waals surface area contributed by atoms with Gasteiger partial charge in [0, 0.05) is 13.0 Å². The summed E-state index contributed by atoms with van der Waals surface area (Å²) in [6.45, 7) is 2.94. The molecule has 17 heavy (non-hydrogen) atoms. The number of carbonyl (C=O) groups is 2. The number of carbonyl (C=O) groups excluding carboxylic acids is 2. The van der Waals surface area contributed by atoms with Crippen LogP contribution in [-0.2, 0) is 19.1 Å². The second-order valence-corrected chi connectivity index (χ2v) is 4.04. The van der Waals surface area contributed by atoms with Crippen molar-refractivity contribution in [3.05, 3.63) is 12.2 Å². The minimum Gasteiger partial charge on any atom is -0.466 e. The fourth-order valence-electron chi connectivity index (χ4n) is 1.72. The molecule has 0 spiro atoms. The molecule has 1 aliphatic rings. The van der Waals surface area contributed by atoms with Crippen molar-refractivity contribution in [3.8, 4) is 0 Å². The van der Waals surface area contributed by atoms with Crippen LogP contribution in [0.25, 0.3) is 0 Å². The van der Waals surface area contributed by atoms with Crippen molar-refractivity contribution in [1.29, 1.82) is 0 Å². The Kier molecular flexibility index (Phi) is 6.55. The lowest BCUT2D eigenvalue weighted by molar-refractivity contribution is -0.144. The number of rotatable bonds is 7. The van der Waals surface area contributed by atoms with E-state index in [1.807, 2.05) is 6.08 Å². The molecule has 4 nitrogen and oxygen atoms in total. The van der Waals surface area contributed by atoms with Gasteiger partial charge in [-0.2, -0.15) is 0 Å². The molecule has 4 heteroatoms. The third-order valence-corrected chi connectivity index (χ3v) is 2.61. The summed E-state index contributed by atoms with van der Waals surface area (Å²) < 4.78 is 10.2. The summed E-state index contributed by atoms with van der Waals surface area (Å²) in [7, 11) is 0. The summed E-state index contributed by atoms with van der Waals surface area (Å²) in [4.78, 5) is 22.4. The van der Waals surface area contributed by atoms with Crippen LogP contribution in [0.5, 0.6) is 0 Å². The number of esters is 1. The Morgan fingerprint density at radius 3 is 2.88 bits per heavy atom. The molecule has 0 bridgehead atoms. The van der Waals surface area contributed by atoms with Crippen LogP contribution >= 0.6 is 0 Å². The van der Waals surface area contributed by atoms with E-state index in [0.29, 0.717) is 6.61 Å². The van der Waals surface area contributed by atoms with Gasteiger partial charge in [-0.05, 0) is 32.3 Å². The second kappa shape index (κ2) is 8.01. The van der Waals surface area contributed by atoms with Crippen molar-refractivity contribution in [2.45, 2.75) is 45.1 Å². The molecule has 1 rings (SSSR count). The van der Waals surface area contributed by atoms with Gasteiger partial charge in [-0.3, -0.25) is 9.59 Å². The Labute approximate surface area is 102 Å². The van der Waals surface area contributed by atoms with Crippen molar-refractivity contribution in [2.24, 2.45) is 0 Å². The highest BCUT2D eigenvalue weighted by Crippen LogP contribution is 2.15. The van der Waals surface area contributed by atoms with Crippen molar-refractivity contribution in [2.75, 3.05) is 13.2 Å². The molecule has 0 saturated carbocycles. The Hall–Kier alpha value is -1.16. The van der Waals surface area contributed by atoms with E-state index in [0.717, 1.165) is 25.9 Å². The van der Waals surface area contributed by atoms with E-state index >= 15 is 0 Å². The molecule has 1 saturated heterocycles. The van der Waals surface area contributed by atoms with E-state index in [1.54, 1.807) is 13.0 Å². The average Bonchev–Trinajstić information content (AvgIpc) is 2.80. The largest absolute Gasteiger partial charge is 0.466 e. The molecular weight excluding hydrogens is 220 g/mol. The van der Waals surface area contributed by atoms with Gasteiger partial charge in [-0.1, -0.05) is 6.08 Å². The van der Waals surface area contributed by atoms with Crippen LogP contribution in [-0.4, -0.2) is 31.1 Å². The fourth-order valence-corrected chi connectivity index (χ4v) is 1.72. The Morgan fingerprint density at radius 2 is 2.24 bits per heavy atom. The maximum Gasteiger partial charge on any atom is 0.306 e. The molecule has 1 heterocycles. The van der Waals surface area contributed by atoms with Gasteiger partial charge in [-0.15, -0.1) is 0 Å². The lowest BCUT2D eigenvalue weighted by Crippen LogP contribution is -2.06. The molecule has 1 fully saturated rings. The highest BCUT2D eigenvalue weighted by atomic mass is 16.5. The fraction of sp³-hybridized carbons (Fsp3) is 0.692. The highest BCUT2D eigenvalue weighted by molar-refractivity contribution is 5.91. The van der Waals surface area contributed by atoms with Gasteiger partial charge in [0.1, 0.15) is 0 Å². The normalized spacial score (nSPS) is 19.7. The molecule has 0 aromatic heterocycles. The Bertz CT molecular complexity index is 277. The summed E-state index contributed by atoms with van der Waals surface area (Å²) in [5.41, 5.74) is 0. The molecule has 0 radical (unpaired) electrons. The first kappa shape index (κ1) is 13.9. The number of allylic oxidation sites excluding steroid dienone is 1. The van der Waals surface area contributed by atoms with Crippen LogP contribution in [0.4, 0.5) is 0 Å². The standard InChI is InChI=1S/C13H20O4/c1-2-16-13(15)9-8-11(14)5-3-6-12-7-4-10-17-12/h3,5,12H,2,4,6-10H2,1H3/b5-3+. The minimum absolute atomic E-state index is 0.0314. The number of ketones is 1. The smallest absolute Gasteiger partial charge is 0.306 e. The molecular formula is C13H20O4. The van der Waals surface area contributed by atoms with Crippen LogP contribution in [0, 0.1) is 0 Å². The van der Waals surface area contributed by atoms with E-state index in [4.69, 9.17) is 9.47 Å². The zero-order valence-corrected chi connectivity index (χ0v) is 10.3. The van der Waals surface area contributed by atoms with E-state index < -0.39 is 0 Å². The van der Waals surface area contributed by atoms with Gasteiger partial charge < -0.3 is 9.47 Å². The van der Waals surface area contributed by atoms with Crippen LogP contribution in [0.2, 0.25) is 0 Å². The molecule has 0 aromatic rings. The zero-order chi connectivity index (χ0) is 12.5. The van der Waals surface area contributed by atoms with Crippen molar-refractivity contribution in [3.63, 3.8) is 0 Å². The Morgan fingerprint density at radius 1 is 1.41 bits per heavy atom. The van der Waals surface area contributed by atoms with Crippen LogP contribution in [0.15, 0.2) is 12.2 Å². The maximum absolute atomic E-state index is 11.4. The average molecular weight is 240 g/mol. The van der Waals surface area contributed by atoms with Crippen molar-refractivity contribution in [1.82, 2.24) is 0 Å². The molecule has 96 valence electrons. The lowest BCUT2D eigenvalue weighted by atomic mass is 10.1. The summed E-state index contributed by atoms with van der Waals surface area (Å²) >= 11 is 0. The van der Waals surface area contributed by atoms with Crippen molar-refractivity contribution < 1.29 is 19.1 Å². The van der Waals surface area contributed by atoms with Crippen molar-refractivity contribution >= 4 is 11.8 Å². The number of hydrogen-bond donors (Lipinski definition) is 0. The van der Waals surface area contributed by atoms with E-state index in [9.17, 15) is 9.59 Å². The monoisotopic (exact) mass is 240 g/mol.